The van der Waals surface area contributed by atoms with Crippen molar-refractivity contribution < 1.29 is 14.3 Å². The van der Waals surface area contributed by atoms with E-state index in [2.05, 4.69) is 16.0 Å². The van der Waals surface area contributed by atoms with Crippen LogP contribution in [0.2, 0.25) is 0 Å². The lowest BCUT2D eigenvalue weighted by Crippen LogP contribution is -2.58. The molecule has 0 N–H and O–H groups in total. The summed E-state index contributed by atoms with van der Waals surface area (Å²) in [5.41, 5.74) is 0.778. The Balaban J connectivity index is 1.69. The molecule has 1 aromatic heterocycles. The highest BCUT2D eigenvalue weighted by Crippen LogP contribution is 2.23. The van der Waals surface area contributed by atoms with E-state index in [1.54, 1.807) is 13.1 Å². The number of hydrogen-bond acceptors (Lipinski definition) is 5. The van der Waals surface area contributed by atoms with Gasteiger partial charge in [-0.2, -0.15) is 0 Å². The van der Waals surface area contributed by atoms with Crippen LogP contribution in [0.1, 0.15) is 12.5 Å². The second-order valence-corrected chi connectivity index (χ2v) is 6.10. The zero-order valence-corrected chi connectivity index (χ0v) is 13.0. The predicted octanol–water partition coefficient (Wildman–Crippen LogP) is 0.531. The van der Waals surface area contributed by atoms with Crippen molar-refractivity contribution in [2.24, 2.45) is 0 Å². The smallest absolute Gasteiger partial charge is 0.219 e. The van der Waals surface area contributed by atoms with Crippen molar-refractivity contribution in [3.05, 3.63) is 30.1 Å². The molecule has 1 aromatic rings. The van der Waals surface area contributed by atoms with Crippen molar-refractivity contribution in [2.75, 3.05) is 46.0 Å². The van der Waals surface area contributed by atoms with Crippen LogP contribution < -0.4 is 0 Å². The summed E-state index contributed by atoms with van der Waals surface area (Å²) in [4.78, 5) is 20.1. The predicted molar refractivity (Wildman–Crippen MR) is 81.3 cm³/mol. The first-order valence-corrected chi connectivity index (χ1v) is 7.75. The molecule has 0 saturated carbocycles. The van der Waals surface area contributed by atoms with Crippen molar-refractivity contribution in [3.8, 4) is 0 Å². The first kappa shape index (κ1) is 15.4. The monoisotopic (exact) mass is 305 g/mol. The van der Waals surface area contributed by atoms with Gasteiger partial charge < -0.3 is 14.4 Å². The van der Waals surface area contributed by atoms with Crippen LogP contribution in [0.25, 0.3) is 0 Å². The van der Waals surface area contributed by atoms with Crippen LogP contribution in [0.4, 0.5) is 0 Å². The van der Waals surface area contributed by atoms with Gasteiger partial charge in [0.05, 0.1) is 26.4 Å². The number of pyridine rings is 1. The maximum Gasteiger partial charge on any atom is 0.219 e. The van der Waals surface area contributed by atoms with Gasteiger partial charge in [0.15, 0.2) is 0 Å². The molecule has 0 aromatic carbocycles. The largest absolute Gasteiger partial charge is 0.376 e. The van der Waals surface area contributed by atoms with Gasteiger partial charge in [0.1, 0.15) is 5.60 Å². The lowest BCUT2D eigenvalue weighted by Gasteiger charge is -2.43. The second-order valence-electron chi connectivity index (χ2n) is 6.10. The van der Waals surface area contributed by atoms with E-state index in [1.165, 1.54) is 5.56 Å². The third kappa shape index (κ3) is 3.63. The molecule has 2 aliphatic rings. The second kappa shape index (κ2) is 6.73. The summed E-state index contributed by atoms with van der Waals surface area (Å²) in [6.45, 7) is 7.13. The molecule has 1 atom stereocenters. The average molecular weight is 305 g/mol. The van der Waals surface area contributed by atoms with Crippen molar-refractivity contribution in [3.63, 3.8) is 0 Å². The van der Waals surface area contributed by atoms with E-state index in [0.717, 1.165) is 19.6 Å². The fraction of sp³-hybridized carbons (Fsp3) is 0.625. The van der Waals surface area contributed by atoms with Crippen LogP contribution in [0.15, 0.2) is 24.5 Å². The van der Waals surface area contributed by atoms with E-state index in [0.29, 0.717) is 32.9 Å². The molecule has 6 nitrogen and oxygen atoms in total. The molecule has 0 radical (unpaired) electrons. The Kier molecular flexibility index (Phi) is 4.71. The highest BCUT2D eigenvalue weighted by atomic mass is 16.5. The number of rotatable bonds is 2. The van der Waals surface area contributed by atoms with Crippen molar-refractivity contribution in [1.82, 2.24) is 14.8 Å². The molecular formula is C16H23N3O3. The van der Waals surface area contributed by atoms with Gasteiger partial charge in [0.25, 0.3) is 0 Å². The number of amides is 1. The number of ether oxygens (including phenoxy) is 2. The van der Waals surface area contributed by atoms with Crippen LogP contribution in [0, 0.1) is 0 Å². The van der Waals surface area contributed by atoms with Crippen LogP contribution >= 0.6 is 0 Å². The molecule has 2 fully saturated rings. The minimum absolute atomic E-state index is 0.0813. The van der Waals surface area contributed by atoms with E-state index in [-0.39, 0.29) is 5.91 Å². The molecule has 1 amide bonds. The first-order chi connectivity index (χ1) is 10.7. The summed E-state index contributed by atoms with van der Waals surface area (Å²) in [5.74, 6) is 0.0813. The Hall–Kier alpha value is -1.50. The van der Waals surface area contributed by atoms with Gasteiger partial charge in [-0.15, -0.1) is 0 Å². The average Bonchev–Trinajstić information content (AvgIpc) is 2.71. The summed E-state index contributed by atoms with van der Waals surface area (Å²) in [6.07, 6.45) is 3.68. The molecule has 120 valence electrons. The molecule has 3 rings (SSSR count). The third-order valence-electron chi connectivity index (χ3n) is 4.25. The number of carbonyl (C=O) groups is 1. The number of hydrogen-bond donors (Lipinski definition) is 0. The Morgan fingerprint density at radius 1 is 1.36 bits per heavy atom. The van der Waals surface area contributed by atoms with Gasteiger partial charge in [-0.1, -0.05) is 6.07 Å². The minimum atomic E-state index is -0.414. The van der Waals surface area contributed by atoms with Crippen LogP contribution in [-0.2, 0) is 20.8 Å². The zero-order valence-electron chi connectivity index (χ0n) is 13.0. The molecule has 2 aliphatic heterocycles. The summed E-state index contributed by atoms with van der Waals surface area (Å²) in [6, 6.07) is 4.04. The Morgan fingerprint density at radius 3 is 3.05 bits per heavy atom. The van der Waals surface area contributed by atoms with E-state index in [4.69, 9.17) is 9.47 Å². The molecule has 0 bridgehead atoms. The minimum Gasteiger partial charge on any atom is -0.376 e. The molecule has 1 unspecified atom stereocenters. The summed E-state index contributed by atoms with van der Waals surface area (Å²) < 4.78 is 11.8. The van der Waals surface area contributed by atoms with Crippen LogP contribution in [0.5, 0.6) is 0 Å². The number of nitrogens with zero attached hydrogens (tertiary/aromatic N) is 3. The van der Waals surface area contributed by atoms with Crippen LogP contribution in [-0.4, -0.2) is 72.3 Å². The molecule has 6 heteroatoms. The summed E-state index contributed by atoms with van der Waals surface area (Å²) >= 11 is 0. The fourth-order valence-electron chi connectivity index (χ4n) is 3.17. The third-order valence-corrected chi connectivity index (χ3v) is 4.25. The highest BCUT2D eigenvalue weighted by Gasteiger charge is 2.40. The van der Waals surface area contributed by atoms with Gasteiger partial charge in [-0.05, 0) is 11.6 Å². The van der Waals surface area contributed by atoms with Gasteiger partial charge in [-0.3, -0.25) is 14.7 Å². The maximum atomic E-state index is 11.7. The normalized spacial score (nSPS) is 26.9. The fourth-order valence-corrected chi connectivity index (χ4v) is 3.17. The number of aromatic nitrogens is 1. The summed E-state index contributed by atoms with van der Waals surface area (Å²) in [5, 5.41) is 0. The summed E-state index contributed by atoms with van der Waals surface area (Å²) in [7, 11) is 0. The van der Waals surface area contributed by atoms with Gasteiger partial charge in [0, 0.05) is 45.5 Å². The molecule has 1 spiro atoms. The lowest BCUT2D eigenvalue weighted by atomic mass is 10.0. The topological polar surface area (TPSA) is 54.9 Å². The van der Waals surface area contributed by atoms with Crippen LogP contribution in [0.3, 0.4) is 0 Å². The molecule has 0 aliphatic carbocycles. The molecule has 2 saturated heterocycles. The van der Waals surface area contributed by atoms with Crippen molar-refractivity contribution in [1.29, 1.82) is 0 Å². The molecular weight excluding hydrogens is 282 g/mol. The Bertz CT molecular complexity index is 511. The Morgan fingerprint density at radius 2 is 2.27 bits per heavy atom. The van der Waals surface area contributed by atoms with Crippen molar-refractivity contribution >= 4 is 5.91 Å². The molecule has 3 heterocycles. The van der Waals surface area contributed by atoms with E-state index < -0.39 is 5.60 Å². The van der Waals surface area contributed by atoms with Gasteiger partial charge >= 0.3 is 0 Å². The first-order valence-electron chi connectivity index (χ1n) is 7.75. The van der Waals surface area contributed by atoms with Gasteiger partial charge in [0.2, 0.25) is 5.91 Å². The number of morpholine rings is 1. The van der Waals surface area contributed by atoms with Crippen molar-refractivity contribution in [2.45, 2.75) is 19.1 Å². The van der Waals surface area contributed by atoms with Gasteiger partial charge in [-0.25, -0.2) is 0 Å². The Labute approximate surface area is 131 Å². The maximum absolute atomic E-state index is 11.7. The van der Waals surface area contributed by atoms with E-state index >= 15 is 0 Å². The number of carbonyl (C=O) groups excluding carboxylic acids is 1. The molecule has 22 heavy (non-hydrogen) atoms. The zero-order chi connectivity index (χ0) is 15.4. The SMILES string of the molecule is CC(=O)N1CCOCC2(CN(Cc3cccnc3)CCO2)C1. The highest BCUT2D eigenvalue weighted by molar-refractivity contribution is 5.73. The quantitative estimate of drug-likeness (QED) is 0.798. The standard InChI is InChI=1S/C16H23N3O3/c1-14(20)19-6-7-21-13-16(12-19)11-18(5-8-22-16)10-15-3-2-4-17-9-15/h2-4,9H,5-8,10-13H2,1H3. The van der Waals surface area contributed by atoms with E-state index in [1.807, 2.05) is 17.2 Å². The lowest BCUT2D eigenvalue weighted by molar-refractivity contribution is -0.151. The van der Waals surface area contributed by atoms with E-state index in [9.17, 15) is 4.79 Å².